The fraction of sp³-hybridized carbons (Fsp3) is 0.545. The van der Waals surface area contributed by atoms with Gasteiger partial charge in [0.1, 0.15) is 10.6 Å². The van der Waals surface area contributed by atoms with Gasteiger partial charge in [-0.25, -0.2) is 13.6 Å². The standard InChI is InChI=1S/C11H19N3O3S/c1-3-5-6-13-11(15)10-7-9(18(12,16)17)8-14(10)4-2/h7-8H,3-6H2,1-2H3,(H,13,15)(H2,12,16,17). The number of nitrogens with two attached hydrogens (primary N) is 1. The number of nitrogens with one attached hydrogen (secondary N) is 1. The molecule has 7 heteroatoms. The topological polar surface area (TPSA) is 94.2 Å². The van der Waals surface area contributed by atoms with E-state index in [0.29, 0.717) is 18.8 Å². The van der Waals surface area contributed by atoms with Crippen molar-refractivity contribution in [2.24, 2.45) is 5.14 Å². The van der Waals surface area contributed by atoms with Crippen LogP contribution in [0.2, 0.25) is 0 Å². The number of aryl methyl sites for hydroxylation is 1. The van der Waals surface area contributed by atoms with E-state index in [0.717, 1.165) is 12.8 Å². The summed E-state index contributed by atoms with van der Waals surface area (Å²) in [5.74, 6) is -0.278. The van der Waals surface area contributed by atoms with Gasteiger partial charge in [-0.15, -0.1) is 0 Å². The Hall–Kier alpha value is -1.34. The Labute approximate surface area is 107 Å². The third-order valence-corrected chi connectivity index (χ3v) is 3.47. The van der Waals surface area contributed by atoms with E-state index in [2.05, 4.69) is 5.32 Å². The Balaban J connectivity index is 2.94. The minimum atomic E-state index is -3.77. The molecule has 0 bridgehead atoms. The van der Waals surface area contributed by atoms with Gasteiger partial charge in [0.15, 0.2) is 0 Å². The van der Waals surface area contributed by atoms with Gasteiger partial charge in [-0.05, 0) is 19.4 Å². The molecule has 1 aromatic heterocycles. The van der Waals surface area contributed by atoms with Crippen molar-refractivity contribution in [1.29, 1.82) is 0 Å². The molecule has 0 radical (unpaired) electrons. The molecule has 0 fully saturated rings. The molecule has 1 heterocycles. The van der Waals surface area contributed by atoms with E-state index in [4.69, 9.17) is 5.14 Å². The number of primary sulfonamides is 1. The molecule has 0 saturated heterocycles. The molecule has 0 aromatic carbocycles. The molecular formula is C11H19N3O3S. The lowest BCUT2D eigenvalue weighted by Crippen LogP contribution is -2.26. The minimum Gasteiger partial charge on any atom is -0.351 e. The van der Waals surface area contributed by atoms with Crippen LogP contribution in [0.25, 0.3) is 0 Å². The van der Waals surface area contributed by atoms with Crippen LogP contribution in [0.4, 0.5) is 0 Å². The highest BCUT2D eigenvalue weighted by atomic mass is 32.2. The summed E-state index contributed by atoms with van der Waals surface area (Å²) >= 11 is 0. The zero-order chi connectivity index (χ0) is 13.8. The summed E-state index contributed by atoms with van der Waals surface area (Å²) < 4.78 is 24.0. The molecular weight excluding hydrogens is 254 g/mol. The molecule has 1 rings (SSSR count). The average Bonchev–Trinajstić information content (AvgIpc) is 2.72. The number of carbonyl (C=O) groups is 1. The Morgan fingerprint density at radius 2 is 2.11 bits per heavy atom. The van der Waals surface area contributed by atoms with Gasteiger partial charge in [-0.1, -0.05) is 13.3 Å². The van der Waals surface area contributed by atoms with E-state index in [1.807, 2.05) is 13.8 Å². The first-order valence-corrected chi connectivity index (χ1v) is 7.46. The molecule has 1 amide bonds. The van der Waals surface area contributed by atoms with E-state index < -0.39 is 10.0 Å². The molecule has 6 nitrogen and oxygen atoms in total. The van der Waals surface area contributed by atoms with Crippen LogP contribution < -0.4 is 10.5 Å². The van der Waals surface area contributed by atoms with Crippen LogP contribution in [0.1, 0.15) is 37.2 Å². The molecule has 0 unspecified atom stereocenters. The van der Waals surface area contributed by atoms with Crippen LogP contribution in [0.15, 0.2) is 17.2 Å². The van der Waals surface area contributed by atoms with E-state index in [9.17, 15) is 13.2 Å². The van der Waals surface area contributed by atoms with E-state index in [1.54, 1.807) is 4.57 Å². The number of carbonyl (C=O) groups excluding carboxylic acids is 1. The number of amides is 1. The Morgan fingerprint density at radius 3 is 2.61 bits per heavy atom. The minimum absolute atomic E-state index is 0.0370. The number of aromatic nitrogens is 1. The first-order valence-electron chi connectivity index (χ1n) is 5.91. The number of sulfonamides is 1. The maximum absolute atomic E-state index is 11.9. The largest absolute Gasteiger partial charge is 0.351 e. The summed E-state index contributed by atoms with van der Waals surface area (Å²) in [6, 6.07) is 1.31. The second kappa shape index (κ2) is 6.01. The number of hydrogen-bond donors (Lipinski definition) is 2. The zero-order valence-corrected chi connectivity index (χ0v) is 11.5. The van der Waals surface area contributed by atoms with E-state index >= 15 is 0 Å². The molecule has 0 saturated carbocycles. The van der Waals surface area contributed by atoms with Crippen LogP contribution in [0.5, 0.6) is 0 Å². The van der Waals surface area contributed by atoms with Gasteiger partial charge in [0.05, 0.1) is 0 Å². The Bertz CT molecular complexity index is 520. The monoisotopic (exact) mass is 273 g/mol. The zero-order valence-electron chi connectivity index (χ0n) is 10.6. The average molecular weight is 273 g/mol. The van der Waals surface area contributed by atoms with Crippen LogP contribution in [-0.2, 0) is 16.6 Å². The van der Waals surface area contributed by atoms with Crippen molar-refractivity contribution in [2.45, 2.75) is 38.1 Å². The summed E-state index contributed by atoms with van der Waals surface area (Å²) in [5, 5.41) is 7.79. The molecule has 0 aliphatic rings. The van der Waals surface area contributed by atoms with Crippen molar-refractivity contribution in [3.05, 3.63) is 18.0 Å². The fourth-order valence-corrected chi connectivity index (χ4v) is 2.11. The first kappa shape index (κ1) is 14.7. The molecule has 18 heavy (non-hydrogen) atoms. The fourth-order valence-electron chi connectivity index (χ4n) is 1.56. The van der Waals surface area contributed by atoms with E-state index in [1.165, 1.54) is 12.3 Å². The first-order chi connectivity index (χ1) is 8.40. The molecule has 3 N–H and O–H groups in total. The van der Waals surface area contributed by atoms with Gasteiger partial charge in [-0.3, -0.25) is 4.79 Å². The van der Waals surface area contributed by atoms with Crippen LogP contribution >= 0.6 is 0 Å². The quantitative estimate of drug-likeness (QED) is 0.746. The number of rotatable bonds is 6. The number of unbranched alkanes of at least 4 members (excludes halogenated alkanes) is 1. The van der Waals surface area contributed by atoms with Crippen molar-refractivity contribution in [3.63, 3.8) is 0 Å². The van der Waals surface area contributed by atoms with Crippen LogP contribution in [0, 0.1) is 0 Å². The third-order valence-electron chi connectivity index (χ3n) is 2.59. The van der Waals surface area contributed by atoms with Gasteiger partial charge in [0, 0.05) is 19.3 Å². The van der Waals surface area contributed by atoms with Gasteiger partial charge in [-0.2, -0.15) is 0 Å². The molecule has 102 valence electrons. The lowest BCUT2D eigenvalue weighted by atomic mass is 10.3. The van der Waals surface area contributed by atoms with Crippen LogP contribution in [0.3, 0.4) is 0 Å². The lowest BCUT2D eigenvalue weighted by molar-refractivity contribution is 0.0944. The number of nitrogens with zero attached hydrogens (tertiary/aromatic N) is 1. The van der Waals surface area contributed by atoms with Crippen molar-refractivity contribution >= 4 is 15.9 Å². The van der Waals surface area contributed by atoms with Crippen molar-refractivity contribution in [1.82, 2.24) is 9.88 Å². The summed E-state index contributed by atoms with van der Waals surface area (Å²) in [5.41, 5.74) is 0.317. The van der Waals surface area contributed by atoms with Crippen LogP contribution in [-0.4, -0.2) is 25.4 Å². The second-order valence-electron chi connectivity index (χ2n) is 4.00. The highest BCUT2D eigenvalue weighted by molar-refractivity contribution is 7.89. The van der Waals surface area contributed by atoms with Crippen molar-refractivity contribution in [3.8, 4) is 0 Å². The molecule has 1 aromatic rings. The predicted octanol–water partition coefficient (Wildman–Crippen LogP) is 0.685. The van der Waals surface area contributed by atoms with Crippen molar-refractivity contribution < 1.29 is 13.2 Å². The predicted molar refractivity (Wildman–Crippen MR) is 68.7 cm³/mol. The number of hydrogen-bond acceptors (Lipinski definition) is 3. The SMILES string of the molecule is CCCCNC(=O)c1cc(S(N)(=O)=O)cn1CC. The van der Waals surface area contributed by atoms with Gasteiger partial charge in [0.25, 0.3) is 5.91 Å². The van der Waals surface area contributed by atoms with Crippen molar-refractivity contribution in [2.75, 3.05) is 6.54 Å². The Kier molecular flexibility index (Phi) is 4.92. The maximum Gasteiger partial charge on any atom is 0.267 e. The van der Waals surface area contributed by atoms with E-state index in [-0.39, 0.29) is 10.8 Å². The third kappa shape index (κ3) is 3.58. The molecule has 0 aliphatic heterocycles. The molecule has 0 spiro atoms. The highest BCUT2D eigenvalue weighted by Crippen LogP contribution is 2.13. The Morgan fingerprint density at radius 1 is 1.44 bits per heavy atom. The maximum atomic E-state index is 11.9. The molecule has 0 atom stereocenters. The summed E-state index contributed by atoms with van der Waals surface area (Å²) in [6.07, 6.45) is 3.25. The lowest BCUT2D eigenvalue weighted by Gasteiger charge is -2.06. The van der Waals surface area contributed by atoms with Gasteiger partial charge < -0.3 is 9.88 Å². The second-order valence-corrected chi connectivity index (χ2v) is 5.56. The van der Waals surface area contributed by atoms with Gasteiger partial charge in [0.2, 0.25) is 10.0 Å². The molecule has 0 aliphatic carbocycles. The van der Waals surface area contributed by atoms with Gasteiger partial charge >= 0.3 is 0 Å². The normalized spacial score (nSPS) is 11.5. The summed E-state index contributed by atoms with van der Waals surface area (Å²) in [4.78, 5) is 11.8. The summed E-state index contributed by atoms with van der Waals surface area (Å²) in [6.45, 7) is 4.94. The summed E-state index contributed by atoms with van der Waals surface area (Å²) in [7, 11) is -3.77. The smallest absolute Gasteiger partial charge is 0.267 e. The highest BCUT2D eigenvalue weighted by Gasteiger charge is 2.17.